The standard InChI is InChI=1S/C23H25ClN6O2S/c1-16-21(30-11-18(24)8-9-22(30)27-16)10-25-20-13-29(12-19(20)17-6-4-3-5-7-17)33(31,32)23-14-28(2)15-26-23/h3-9,11,14-15,19-20,25H,10,12-13H2,1-2H3/t19-,20+/m1/s1. The average molecular weight is 485 g/mol. The molecule has 0 amide bonds. The zero-order valence-corrected chi connectivity index (χ0v) is 20.0. The fraction of sp³-hybridized carbons (Fsp3) is 0.304. The number of sulfonamides is 1. The quantitative estimate of drug-likeness (QED) is 0.455. The Morgan fingerprint density at radius 1 is 1.12 bits per heavy atom. The molecule has 2 atom stereocenters. The van der Waals surface area contributed by atoms with E-state index in [2.05, 4.69) is 27.4 Å². The highest BCUT2D eigenvalue weighted by molar-refractivity contribution is 7.89. The van der Waals surface area contributed by atoms with E-state index < -0.39 is 10.0 Å². The van der Waals surface area contributed by atoms with Crippen molar-refractivity contribution < 1.29 is 8.42 Å². The Bertz CT molecular complexity index is 1400. The maximum Gasteiger partial charge on any atom is 0.262 e. The van der Waals surface area contributed by atoms with E-state index in [1.807, 2.05) is 47.9 Å². The van der Waals surface area contributed by atoms with E-state index in [1.165, 1.54) is 10.6 Å². The van der Waals surface area contributed by atoms with Crippen LogP contribution in [-0.4, -0.2) is 50.8 Å². The highest BCUT2D eigenvalue weighted by Crippen LogP contribution is 2.31. The number of hydrogen-bond donors (Lipinski definition) is 1. The minimum Gasteiger partial charge on any atom is -0.339 e. The zero-order valence-electron chi connectivity index (χ0n) is 18.4. The first kappa shape index (κ1) is 22.1. The Morgan fingerprint density at radius 2 is 1.91 bits per heavy atom. The van der Waals surface area contributed by atoms with Crippen molar-refractivity contribution in [2.75, 3.05) is 13.1 Å². The van der Waals surface area contributed by atoms with E-state index in [0.717, 1.165) is 22.6 Å². The number of imidazole rings is 2. The first-order chi connectivity index (χ1) is 15.8. The number of pyridine rings is 1. The summed E-state index contributed by atoms with van der Waals surface area (Å²) in [4.78, 5) is 8.70. The second-order valence-corrected chi connectivity index (χ2v) is 10.7. The van der Waals surface area contributed by atoms with Gasteiger partial charge in [0.2, 0.25) is 0 Å². The van der Waals surface area contributed by atoms with Crippen molar-refractivity contribution in [2.45, 2.75) is 30.5 Å². The SMILES string of the molecule is Cc1nc2ccc(Cl)cn2c1CN[C@H]1CN(S(=O)(=O)c2cn(C)cn2)C[C@@H]1c1ccccc1. The van der Waals surface area contributed by atoms with Crippen molar-refractivity contribution in [1.82, 2.24) is 28.6 Å². The van der Waals surface area contributed by atoms with Crippen molar-refractivity contribution in [3.05, 3.63) is 83.2 Å². The number of rotatable bonds is 6. The maximum absolute atomic E-state index is 13.3. The van der Waals surface area contributed by atoms with Crippen LogP contribution in [0.4, 0.5) is 0 Å². The van der Waals surface area contributed by atoms with Crippen molar-refractivity contribution in [3.8, 4) is 0 Å². The third-order valence-electron chi connectivity index (χ3n) is 6.21. The number of aryl methyl sites for hydroxylation is 2. The van der Waals surface area contributed by atoms with Gasteiger partial charge in [-0.25, -0.2) is 18.4 Å². The molecular formula is C23H25ClN6O2S. The van der Waals surface area contributed by atoms with Crippen molar-refractivity contribution in [2.24, 2.45) is 7.05 Å². The fourth-order valence-corrected chi connectivity index (χ4v) is 6.11. The molecule has 4 aromatic rings. The molecule has 0 saturated carbocycles. The summed E-state index contributed by atoms with van der Waals surface area (Å²) in [7, 11) is -1.92. The number of hydrogen-bond acceptors (Lipinski definition) is 5. The molecule has 8 nitrogen and oxygen atoms in total. The van der Waals surface area contributed by atoms with Crippen LogP contribution in [0.2, 0.25) is 5.02 Å². The predicted octanol–water partition coefficient (Wildman–Crippen LogP) is 2.98. The molecule has 172 valence electrons. The molecule has 33 heavy (non-hydrogen) atoms. The van der Waals surface area contributed by atoms with E-state index in [1.54, 1.807) is 17.8 Å². The Morgan fingerprint density at radius 3 is 2.64 bits per heavy atom. The lowest BCUT2D eigenvalue weighted by Gasteiger charge is -2.20. The smallest absolute Gasteiger partial charge is 0.262 e. The molecular weight excluding hydrogens is 460 g/mol. The van der Waals surface area contributed by atoms with E-state index in [0.29, 0.717) is 24.7 Å². The van der Waals surface area contributed by atoms with Crippen LogP contribution in [0.3, 0.4) is 0 Å². The van der Waals surface area contributed by atoms with Crippen LogP contribution in [0.1, 0.15) is 22.9 Å². The topological polar surface area (TPSA) is 84.5 Å². The van der Waals surface area contributed by atoms with Crippen LogP contribution >= 0.6 is 11.6 Å². The molecule has 1 aliphatic heterocycles. The third kappa shape index (κ3) is 4.17. The van der Waals surface area contributed by atoms with Gasteiger partial charge in [0.1, 0.15) is 5.65 Å². The molecule has 1 saturated heterocycles. The van der Waals surface area contributed by atoms with Crippen LogP contribution in [0.5, 0.6) is 0 Å². The van der Waals surface area contributed by atoms with Gasteiger partial charge in [-0.2, -0.15) is 4.31 Å². The maximum atomic E-state index is 13.3. The van der Waals surface area contributed by atoms with Gasteiger partial charge in [0.25, 0.3) is 10.0 Å². The summed E-state index contributed by atoms with van der Waals surface area (Å²) in [6.07, 6.45) is 4.90. The van der Waals surface area contributed by atoms with E-state index in [9.17, 15) is 8.42 Å². The molecule has 5 rings (SSSR count). The summed E-state index contributed by atoms with van der Waals surface area (Å²) < 4.78 is 31.7. The van der Waals surface area contributed by atoms with Crippen molar-refractivity contribution in [3.63, 3.8) is 0 Å². The summed E-state index contributed by atoms with van der Waals surface area (Å²) in [5, 5.41) is 4.32. The summed E-state index contributed by atoms with van der Waals surface area (Å²) in [5.74, 6) is 0.00719. The van der Waals surface area contributed by atoms with Gasteiger partial charge in [0, 0.05) is 51.0 Å². The Labute approximate surface area is 197 Å². The van der Waals surface area contributed by atoms with Crippen LogP contribution in [0.25, 0.3) is 5.65 Å². The molecule has 1 N–H and O–H groups in total. The molecule has 0 aliphatic carbocycles. The molecule has 3 aromatic heterocycles. The second-order valence-electron chi connectivity index (χ2n) is 8.42. The van der Waals surface area contributed by atoms with Gasteiger partial charge in [0.15, 0.2) is 5.03 Å². The predicted molar refractivity (Wildman–Crippen MR) is 127 cm³/mol. The molecule has 0 bridgehead atoms. The lowest BCUT2D eigenvalue weighted by molar-refractivity contribution is 0.452. The number of fused-ring (bicyclic) bond motifs is 1. The lowest BCUT2D eigenvalue weighted by atomic mass is 9.94. The van der Waals surface area contributed by atoms with Crippen LogP contribution in [0, 0.1) is 6.92 Å². The number of nitrogens with zero attached hydrogens (tertiary/aromatic N) is 5. The van der Waals surface area contributed by atoms with Crippen LogP contribution in [0.15, 0.2) is 66.2 Å². The summed E-state index contributed by atoms with van der Waals surface area (Å²) in [5.41, 5.74) is 3.85. The molecule has 1 aliphatic rings. The Hall–Kier alpha value is -2.72. The number of halogens is 1. The van der Waals surface area contributed by atoms with Gasteiger partial charge < -0.3 is 14.3 Å². The monoisotopic (exact) mass is 484 g/mol. The van der Waals surface area contributed by atoms with E-state index in [-0.39, 0.29) is 17.0 Å². The Balaban J connectivity index is 1.43. The molecule has 0 unspecified atom stereocenters. The largest absolute Gasteiger partial charge is 0.339 e. The first-order valence-corrected chi connectivity index (χ1v) is 12.5. The number of aromatic nitrogens is 4. The molecule has 1 aromatic carbocycles. The number of benzene rings is 1. The molecule has 10 heteroatoms. The van der Waals surface area contributed by atoms with Gasteiger partial charge in [-0.15, -0.1) is 0 Å². The normalized spacial score (nSPS) is 19.5. The fourth-order valence-electron chi connectivity index (χ4n) is 4.49. The minimum atomic E-state index is -3.69. The van der Waals surface area contributed by atoms with E-state index in [4.69, 9.17) is 11.6 Å². The van der Waals surface area contributed by atoms with Crippen LogP contribution < -0.4 is 5.32 Å². The van der Waals surface area contributed by atoms with E-state index >= 15 is 0 Å². The third-order valence-corrected chi connectivity index (χ3v) is 8.15. The van der Waals surface area contributed by atoms with Gasteiger partial charge in [-0.1, -0.05) is 41.9 Å². The van der Waals surface area contributed by atoms with Crippen molar-refractivity contribution >= 4 is 27.3 Å². The second kappa shape index (κ2) is 8.57. The minimum absolute atomic E-state index is 0.00719. The summed E-state index contributed by atoms with van der Waals surface area (Å²) in [6, 6.07) is 13.7. The highest BCUT2D eigenvalue weighted by Gasteiger charge is 2.40. The Kier molecular flexibility index (Phi) is 5.74. The summed E-state index contributed by atoms with van der Waals surface area (Å²) >= 11 is 6.21. The summed E-state index contributed by atoms with van der Waals surface area (Å²) in [6.45, 7) is 3.26. The van der Waals surface area contributed by atoms with Gasteiger partial charge in [0.05, 0.1) is 22.7 Å². The zero-order chi connectivity index (χ0) is 23.2. The lowest BCUT2D eigenvalue weighted by Crippen LogP contribution is -2.36. The van der Waals surface area contributed by atoms with Gasteiger partial charge in [-0.05, 0) is 24.6 Å². The molecule has 1 fully saturated rings. The van der Waals surface area contributed by atoms with Gasteiger partial charge >= 0.3 is 0 Å². The number of nitrogens with one attached hydrogen (secondary N) is 1. The average Bonchev–Trinajstić information content (AvgIpc) is 3.50. The first-order valence-electron chi connectivity index (χ1n) is 10.7. The highest BCUT2D eigenvalue weighted by atomic mass is 35.5. The van der Waals surface area contributed by atoms with Gasteiger partial charge in [-0.3, -0.25) is 0 Å². The van der Waals surface area contributed by atoms with Crippen LogP contribution in [-0.2, 0) is 23.6 Å². The molecule has 0 spiro atoms. The molecule has 0 radical (unpaired) electrons. The van der Waals surface area contributed by atoms with Crippen molar-refractivity contribution in [1.29, 1.82) is 0 Å². The molecule has 4 heterocycles.